The Morgan fingerprint density at radius 2 is 2.00 bits per heavy atom. The molecule has 0 aromatic carbocycles. The quantitative estimate of drug-likeness (QED) is 0.614. The lowest BCUT2D eigenvalue weighted by molar-refractivity contribution is 0.0593. The standard InChI is InChI=1S/C10H11ClN2O4S/c1-17-10(14)7-6(11)9(18(2,15)16)13-8(12-7)5-3-4-5/h5H,3-4H2,1-2H3. The predicted molar refractivity (Wildman–Crippen MR) is 63.5 cm³/mol. The van der Waals surface area contributed by atoms with E-state index in [1.54, 1.807) is 0 Å². The number of ether oxygens (including phenoxy) is 1. The van der Waals surface area contributed by atoms with Gasteiger partial charge in [-0.15, -0.1) is 0 Å². The van der Waals surface area contributed by atoms with Crippen LogP contribution < -0.4 is 0 Å². The fourth-order valence-corrected chi connectivity index (χ4v) is 2.71. The van der Waals surface area contributed by atoms with Crippen LogP contribution in [-0.2, 0) is 14.6 Å². The Kier molecular flexibility index (Phi) is 3.29. The lowest BCUT2D eigenvalue weighted by Gasteiger charge is -2.08. The summed E-state index contributed by atoms with van der Waals surface area (Å²) < 4.78 is 27.7. The molecule has 0 spiro atoms. The van der Waals surface area contributed by atoms with Crippen LogP contribution in [0.5, 0.6) is 0 Å². The number of halogens is 1. The molecule has 1 aliphatic rings. The maximum absolute atomic E-state index is 11.6. The molecular weight excluding hydrogens is 280 g/mol. The number of hydrogen-bond acceptors (Lipinski definition) is 6. The summed E-state index contributed by atoms with van der Waals surface area (Å²) in [6, 6.07) is 0. The molecule has 0 unspecified atom stereocenters. The predicted octanol–water partition coefficient (Wildman–Crippen LogP) is 1.20. The normalized spacial score (nSPS) is 15.5. The Labute approximate surface area is 109 Å². The van der Waals surface area contributed by atoms with E-state index >= 15 is 0 Å². The molecule has 8 heteroatoms. The van der Waals surface area contributed by atoms with Crippen LogP contribution in [0.2, 0.25) is 5.02 Å². The Morgan fingerprint density at radius 3 is 2.44 bits per heavy atom. The average Bonchev–Trinajstić information content (AvgIpc) is 3.10. The van der Waals surface area contributed by atoms with Gasteiger partial charge in [0.15, 0.2) is 20.6 Å². The van der Waals surface area contributed by atoms with Crippen LogP contribution in [0.1, 0.15) is 35.1 Å². The van der Waals surface area contributed by atoms with E-state index in [0.29, 0.717) is 5.82 Å². The molecule has 0 aliphatic heterocycles. The Morgan fingerprint density at radius 1 is 1.39 bits per heavy atom. The average molecular weight is 291 g/mol. The highest BCUT2D eigenvalue weighted by Gasteiger charge is 2.32. The van der Waals surface area contributed by atoms with E-state index in [9.17, 15) is 13.2 Å². The van der Waals surface area contributed by atoms with E-state index in [0.717, 1.165) is 19.1 Å². The summed E-state index contributed by atoms with van der Waals surface area (Å²) in [5.74, 6) is -0.333. The fraction of sp³-hybridized carbons (Fsp3) is 0.500. The SMILES string of the molecule is COC(=O)c1nc(C2CC2)nc(S(C)(=O)=O)c1Cl. The first-order valence-electron chi connectivity index (χ1n) is 5.20. The van der Waals surface area contributed by atoms with Gasteiger partial charge >= 0.3 is 5.97 Å². The first kappa shape index (κ1) is 13.2. The number of esters is 1. The van der Waals surface area contributed by atoms with Crippen molar-refractivity contribution in [3.05, 3.63) is 16.5 Å². The van der Waals surface area contributed by atoms with E-state index < -0.39 is 15.8 Å². The van der Waals surface area contributed by atoms with Gasteiger partial charge in [-0.1, -0.05) is 11.6 Å². The molecule has 18 heavy (non-hydrogen) atoms. The van der Waals surface area contributed by atoms with Gasteiger partial charge in [0.25, 0.3) is 0 Å². The number of rotatable bonds is 3. The summed E-state index contributed by atoms with van der Waals surface area (Å²) in [4.78, 5) is 19.5. The second kappa shape index (κ2) is 4.47. The molecule has 6 nitrogen and oxygen atoms in total. The van der Waals surface area contributed by atoms with Crippen molar-refractivity contribution in [1.29, 1.82) is 0 Å². The van der Waals surface area contributed by atoms with E-state index in [1.165, 1.54) is 7.11 Å². The van der Waals surface area contributed by atoms with Gasteiger partial charge in [-0.3, -0.25) is 0 Å². The van der Waals surface area contributed by atoms with Crippen molar-refractivity contribution < 1.29 is 17.9 Å². The van der Waals surface area contributed by atoms with Crippen LogP contribution in [0.4, 0.5) is 0 Å². The summed E-state index contributed by atoms with van der Waals surface area (Å²) in [5, 5.41) is -0.602. The van der Waals surface area contributed by atoms with Crippen LogP contribution in [0.25, 0.3) is 0 Å². The molecule has 0 radical (unpaired) electrons. The van der Waals surface area contributed by atoms with Gasteiger partial charge < -0.3 is 4.74 Å². The molecule has 0 saturated heterocycles. The minimum absolute atomic E-state index is 0.103. The van der Waals surface area contributed by atoms with Gasteiger partial charge in [0.1, 0.15) is 10.8 Å². The molecule has 1 fully saturated rings. The number of carbonyl (C=O) groups is 1. The summed E-state index contributed by atoms with van der Waals surface area (Å²) in [5.41, 5.74) is -0.198. The van der Waals surface area contributed by atoms with Gasteiger partial charge in [0.05, 0.1) is 7.11 Å². The van der Waals surface area contributed by atoms with Gasteiger partial charge in [0.2, 0.25) is 0 Å². The van der Waals surface area contributed by atoms with Crippen molar-refractivity contribution in [2.24, 2.45) is 0 Å². The number of sulfone groups is 1. The molecule has 98 valence electrons. The molecule has 1 aliphatic carbocycles. The first-order valence-corrected chi connectivity index (χ1v) is 7.47. The highest BCUT2D eigenvalue weighted by Crippen LogP contribution is 2.39. The third kappa shape index (κ3) is 2.46. The lowest BCUT2D eigenvalue weighted by atomic mass is 10.3. The molecular formula is C10H11ClN2O4S. The van der Waals surface area contributed by atoms with Crippen molar-refractivity contribution in [2.45, 2.75) is 23.8 Å². The molecule has 1 heterocycles. The third-order valence-corrected chi connectivity index (χ3v) is 3.98. The summed E-state index contributed by atoms with van der Waals surface area (Å²) in [6.45, 7) is 0. The molecule has 0 amide bonds. The summed E-state index contributed by atoms with van der Waals surface area (Å²) in [7, 11) is -2.44. The molecule has 1 aromatic heterocycles. The molecule has 0 N–H and O–H groups in total. The van der Waals surface area contributed by atoms with E-state index in [1.807, 2.05) is 0 Å². The maximum atomic E-state index is 11.6. The van der Waals surface area contributed by atoms with Crippen LogP contribution in [0.3, 0.4) is 0 Å². The number of methoxy groups -OCH3 is 1. The number of nitrogens with zero attached hydrogens (tertiary/aromatic N) is 2. The van der Waals surface area contributed by atoms with E-state index in [4.69, 9.17) is 11.6 Å². The van der Waals surface area contributed by atoms with Crippen LogP contribution >= 0.6 is 11.6 Å². The highest BCUT2D eigenvalue weighted by atomic mass is 35.5. The first-order chi connectivity index (χ1) is 8.34. The third-order valence-electron chi connectivity index (χ3n) is 2.51. The minimum Gasteiger partial charge on any atom is -0.464 e. The van der Waals surface area contributed by atoms with Crippen molar-refractivity contribution >= 4 is 27.4 Å². The molecule has 1 aromatic rings. The van der Waals surface area contributed by atoms with Gasteiger partial charge in [-0.25, -0.2) is 23.2 Å². The van der Waals surface area contributed by atoms with Gasteiger partial charge in [-0.2, -0.15) is 0 Å². The summed E-state index contributed by atoms with van der Waals surface area (Å²) >= 11 is 5.86. The zero-order chi connectivity index (χ0) is 13.5. The lowest BCUT2D eigenvalue weighted by Crippen LogP contribution is -2.13. The van der Waals surface area contributed by atoms with Crippen molar-refractivity contribution in [2.75, 3.05) is 13.4 Å². The topological polar surface area (TPSA) is 86.2 Å². The van der Waals surface area contributed by atoms with E-state index in [-0.39, 0.29) is 21.7 Å². The number of hydrogen-bond donors (Lipinski definition) is 0. The van der Waals surface area contributed by atoms with Gasteiger partial charge in [-0.05, 0) is 12.8 Å². The molecule has 0 bridgehead atoms. The van der Waals surface area contributed by atoms with Crippen molar-refractivity contribution in [3.63, 3.8) is 0 Å². The second-order valence-corrected chi connectivity index (χ2v) is 6.40. The van der Waals surface area contributed by atoms with Crippen LogP contribution in [0.15, 0.2) is 5.03 Å². The van der Waals surface area contributed by atoms with Crippen molar-refractivity contribution in [1.82, 2.24) is 9.97 Å². The number of aromatic nitrogens is 2. The Hall–Kier alpha value is -1.21. The summed E-state index contributed by atoms with van der Waals surface area (Å²) in [6.07, 6.45) is 2.75. The molecule has 1 saturated carbocycles. The number of carbonyl (C=O) groups excluding carboxylic acids is 1. The smallest absolute Gasteiger partial charge is 0.358 e. The Bertz CT molecular complexity index is 611. The van der Waals surface area contributed by atoms with Gasteiger partial charge in [0, 0.05) is 12.2 Å². The highest BCUT2D eigenvalue weighted by molar-refractivity contribution is 7.90. The molecule has 2 rings (SSSR count). The maximum Gasteiger partial charge on any atom is 0.358 e. The monoisotopic (exact) mass is 290 g/mol. The second-order valence-electron chi connectivity index (χ2n) is 4.09. The van der Waals surface area contributed by atoms with Crippen molar-refractivity contribution in [3.8, 4) is 0 Å². The van der Waals surface area contributed by atoms with Crippen LogP contribution in [-0.4, -0.2) is 37.7 Å². The zero-order valence-electron chi connectivity index (χ0n) is 9.81. The van der Waals surface area contributed by atoms with E-state index in [2.05, 4.69) is 14.7 Å². The minimum atomic E-state index is -3.62. The largest absolute Gasteiger partial charge is 0.464 e. The zero-order valence-corrected chi connectivity index (χ0v) is 11.4. The Balaban J connectivity index is 2.66. The fourth-order valence-electron chi connectivity index (χ4n) is 1.44. The van der Waals surface area contributed by atoms with Crippen LogP contribution in [0, 0.1) is 0 Å². The molecule has 0 atom stereocenters.